The van der Waals surface area contributed by atoms with Gasteiger partial charge in [0.1, 0.15) is 41.7 Å². The fraction of sp³-hybridized carbons (Fsp3) is 0.538. The highest BCUT2D eigenvalue weighted by Gasteiger charge is 2.37. The lowest BCUT2D eigenvalue weighted by Crippen LogP contribution is -2.59. The zero-order chi connectivity index (χ0) is 26.4. The second-order valence-electron chi connectivity index (χ2n) is 11.4. The summed E-state index contributed by atoms with van der Waals surface area (Å²) >= 11 is 0. The van der Waals surface area contributed by atoms with E-state index in [0.717, 1.165) is 16.8 Å². The Morgan fingerprint density at radius 2 is 1.72 bits per heavy atom. The summed E-state index contributed by atoms with van der Waals surface area (Å²) < 4.78 is 7.54. The zero-order valence-corrected chi connectivity index (χ0v) is 22.3. The number of amides is 1. The van der Waals surface area contributed by atoms with Gasteiger partial charge in [0, 0.05) is 37.4 Å². The molecule has 1 fully saturated rings. The predicted molar refractivity (Wildman–Crippen MR) is 137 cm³/mol. The van der Waals surface area contributed by atoms with Gasteiger partial charge < -0.3 is 14.5 Å². The van der Waals surface area contributed by atoms with Crippen molar-refractivity contribution in [2.45, 2.75) is 78.5 Å². The van der Waals surface area contributed by atoms with Crippen LogP contribution in [0.25, 0.3) is 16.9 Å². The molecule has 2 atom stereocenters. The summed E-state index contributed by atoms with van der Waals surface area (Å²) in [5.41, 5.74) is 1.31. The quantitative estimate of drug-likeness (QED) is 0.525. The highest BCUT2D eigenvalue weighted by molar-refractivity contribution is 5.93. The maximum Gasteiger partial charge on any atom is 0.410 e. The maximum absolute atomic E-state index is 12.8. The van der Waals surface area contributed by atoms with Crippen molar-refractivity contribution < 1.29 is 9.53 Å². The van der Waals surface area contributed by atoms with Crippen LogP contribution in [0, 0.1) is 11.3 Å². The molecule has 190 valence electrons. The van der Waals surface area contributed by atoms with E-state index in [4.69, 9.17) is 9.72 Å². The molecular formula is C26H34N8O2. The number of nitrogens with zero attached hydrogens (tertiary/aromatic N) is 8. The van der Waals surface area contributed by atoms with Gasteiger partial charge in [-0.3, -0.25) is 4.57 Å². The zero-order valence-electron chi connectivity index (χ0n) is 22.3. The van der Waals surface area contributed by atoms with Gasteiger partial charge >= 0.3 is 6.09 Å². The van der Waals surface area contributed by atoms with Crippen LogP contribution in [0.4, 0.5) is 10.6 Å². The first kappa shape index (κ1) is 25.4. The van der Waals surface area contributed by atoms with Gasteiger partial charge in [-0.05, 0) is 45.6 Å². The molecule has 4 rings (SSSR count). The minimum atomic E-state index is -0.549. The van der Waals surface area contributed by atoms with Gasteiger partial charge in [-0.2, -0.15) is 5.26 Å². The van der Waals surface area contributed by atoms with Gasteiger partial charge in [0.25, 0.3) is 0 Å². The summed E-state index contributed by atoms with van der Waals surface area (Å²) in [4.78, 5) is 34.7. The third kappa shape index (κ3) is 4.83. The fourth-order valence-electron chi connectivity index (χ4n) is 4.54. The van der Waals surface area contributed by atoms with E-state index >= 15 is 0 Å². The number of ether oxygens (including phenoxy) is 1. The van der Waals surface area contributed by atoms with Crippen molar-refractivity contribution >= 4 is 22.9 Å². The number of fused-ring (bicyclic) bond motifs is 1. The summed E-state index contributed by atoms with van der Waals surface area (Å²) in [5.74, 6) is 1.39. The molecule has 10 heteroatoms. The van der Waals surface area contributed by atoms with E-state index in [0.29, 0.717) is 24.6 Å². The SMILES string of the molecule is C[C@@H]1CN(c2ncnc3c2c(C(C)(C)C)cn3-c2cc(C#N)ncn2)[C@@H](C)CN1C(=O)OC(C)(C)C. The average Bonchev–Trinajstić information content (AvgIpc) is 3.20. The summed E-state index contributed by atoms with van der Waals surface area (Å²) in [6.45, 7) is 17.3. The Labute approximate surface area is 211 Å². The van der Waals surface area contributed by atoms with E-state index in [1.54, 1.807) is 17.3 Å². The molecule has 0 radical (unpaired) electrons. The summed E-state index contributed by atoms with van der Waals surface area (Å²) in [7, 11) is 0. The molecule has 1 saturated heterocycles. The normalized spacial score (nSPS) is 18.9. The lowest BCUT2D eigenvalue weighted by Gasteiger charge is -2.45. The van der Waals surface area contributed by atoms with Gasteiger partial charge in [-0.1, -0.05) is 20.8 Å². The Hall–Kier alpha value is -3.74. The highest BCUT2D eigenvalue weighted by atomic mass is 16.6. The lowest BCUT2D eigenvalue weighted by atomic mass is 9.87. The van der Waals surface area contributed by atoms with E-state index in [9.17, 15) is 10.1 Å². The molecule has 1 aliphatic rings. The number of piperazine rings is 1. The summed E-state index contributed by atoms with van der Waals surface area (Å²) in [6, 6.07) is 3.66. The molecule has 1 amide bonds. The number of nitriles is 1. The first-order valence-electron chi connectivity index (χ1n) is 12.2. The van der Waals surface area contributed by atoms with Gasteiger partial charge in [-0.15, -0.1) is 0 Å². The number of carbonyl (C=O) groups is 1. The Balaban J connectivity index is 1.79. The summed E-state index contributed by atoms with van der Waals surface area (Å²) in [6.07, 6.45) is 4.67. The molecule has 0 unspecified atom stereocenters. The number of hydrogen-bond donors (Lipinski definition) is 0. The second-order valence-corrected chi connectivity index (χ2v) is 11.4. The monoisotopic (exact) mass is 490 g/mol. The van der Waals surface area contributed by atoms with E-state index in [1.165, 1.54) is 6.33 Å². The minimum absolute atomic E-state index is 0.00669. The molecule has 3 aromatic heterocycles. The van der Waals surface area contributed by atoms with Crippen molar-refractivity contribution in [3.05, 3.63) is 36.2 Å². The second kappa shape index (κ2) is 9.04. The van der Waals surface area contributed by atoms with Gasteiger partial charge in [0.15, 0.2) is 5.65 Å². The van der Waals surface area contributed by atoms with Crippen LogP contribution in [0.1, 0.15) is 66.6 Å². The molecule has 0 spiro atoms. The molecular weight excluding hydrogens is 456 g/mol. The molecule has 0 aromatic carbocycles. The van der Waals surface area contributed by atoms with Crippen molar-refractivity contribution in [1.82, 2.24) is 29.4 Å². The number of aromatic nitrogens is 5. The predicted octanol–water partition coefficient (Wildman–Crippen LogP) is 4.21. The smallest absolute Gasteiger partial charge is 0.410 e. The van der Waals surface area contributed by atoms with Crippen molar-refractivity contribution in [3.8, 4) is 11.9 Å². The van der Waals surface area contributed by atoms with Crippen LogP contribution < -0.4 is 4.90 Å². The molecule has 0 bridgehead atoms. The van der Waals surface area contributed by atoms with Crippen LogP contribution in [0.2, 0.25) is 0 Å². The van der Waals surface area contributed by atoms with Crippen molar-refractivity contribution in [2.75, 3.05) is 18.0 Å². The van der Waals surface area contributed by atoms with Crippen LogP contribution >= 0.6 is 0 Å². The molecule has 0 aliphatic carbocycles. The third-order valence-electron chi connectivity index (χ3n) is 6.27. The van der Waals surface area contributed by atoms with Crippen LogP contribution in [-0.4, -0.2) is 66.3 Å². The fourth-order valence-corrected chi connectivity index (χ4v) is 4.54. The van der Waals surface area contributed by atoms with Crippen molar-refractivity contribution in [2.24, 2.45) is 0 Å². The van der Waals surface area contributed by atoms with Crippen LogP contribution in [0.3, 0.4) is 0 Å². The molecule has 1 aliphatic heterocycles. The van der Waals surface area contributed by atoms with Crippen molar-refractivity contribution in [3.63, 3.8) is 0 Å². The first-order chi connectivity index (χ1) is 16.8. The molecule has 4 heterocycles. The first-order valence-corrected chi connectivity index (χ1v) is 12.2. The van der Waals surface area contributed by atoms with Gasteiger partial charge in [0.05, 0.1) is 5.39 Å². The number of rotatable bonds is 2. The van der Waals surface area contributed by atoms with Gasteiger partial charge in [0.2, 0.25) is 0 Å². The Morgan fingerprint density at radius 1 is 1.03 bits per heavy atom. The number of hydrogen-bond acceptors (Lipinski definition) is 8. The minimum Gasteiger partial charge on any atom is -0.444 e. The van der Waals surface area contributed by atoms with E-state index < -0.39 is 5.60 Å². The largest absolute Gasteiger partial charge is 0.444 e. The van der Waals surface area contributed by atoms with E-state index in [2.05, 4.69) is 53.6 Å². The molecule has 10 nitrogen and oxygen atoms in total. The standard InChI is InChI=1S/C26H34N8O2/c1-16-12-33(24(35)36-26(6,7)8)17(2)11-32(16)22-21-19(25(3,4)5)13-34(23(21)31-15-30-22)20-9-18(10-27)28-14-29-20/h9,13-17H,11-12H2,1-8H3/t16-,17+/m0/s1. The lowest BCUT2D eigenvalue weighted by molar-refractivity contribution is 0.0130. The van der Waals surface area contributed by atoms with E-state index in [-0.39, 0.29) is 29.3 Å². The molecule has 3 aromatic rings. The Kier molecular flexibility index (Phi) is 6.37. The Morgan fingerprint density at radius 3 is 2.36 bits per heavy atom. The third-order valence-corrected chi connectivity index (χ3v) is 6.27. The topological polar surface area (TPSA) is 113 Å². The van der Waals surface area contributed by atoms with Crippen LogP contribution in [0.15, 0.2) is 24.9 Å². The van der Waals surface area contributed by atoms with Crippen LogP contribution in [-0.2, 0) is 10.2 Å². The average molecular weight is 491 g/mol. The molecule has 0 N–H and O–H groups in total. The molecule has 0 saturated carbocycles. The number of anilines is 1. The maximum atomic E-state index is 12.8. The van der Waals surface area contributed by atoms with Crippen molar-refractivity contribution in [1.29, 1.82) is 5.26 Å². The van der Waals surface area contributed by atoms with Crippen LogP contribution in [0.5, 0.6) is 0 Å². The number of carbonyl (C=O) groups excluding carboxylic acids is 1. The highest BCUT2D eigenvalue weighted by Crippen LogP contribution is 2.38. The van der Waals surface area contributed by atoms with E-state index in [1.807, 2.05) is 38.5 Å². The summed E-state index contributed by atoms with van der Waals surface area (Å²) in [5, 5.41) is 10.3. The molecule has 36 heavy (non-hydrogen) atoms. The Bertz CT molecular complexity index is 1330. The van der Waals surface area contributed by atoms with Gasteiger partial charge in [-0.25, -0.2) is 24.7 Å².